The number of ether oxygens (including phenoxy) is 1. The number of aliphatic carboxylic acids is 1. The van der Waals surface area contributed by atoms with Gasteiger partial charge in [0.15, 0.2) is 0 Å². The summed E-state index contributed by atoms with van der Waals surface area (Å²) in [7, 11) is 0. The SMILES string of the molecule is O=C(O)CCNC(=O)c1ccc(CC(c2ccc(OC(F)(F)F)cc2)c2nc(-c3ccc(F)cc3)cs2)cc1. The summed E-state index contributed by atoms with van der Waals surface area (Å²) < 4.78 is 55.2. The zero-order chi connectivity index (χ0) is 28.0. The molecule has 0 saturated carbocycles. The number of aromatic nitrogens is 1. The van der Waals surface area contributed by atoms with Crippen LogP contribution in [0.2, 0.25) is 0 Å². The van der Waals surface area contributed by atoms with Gasteiger partial charge in [-0.3, -0.25) is 9.59 Å². The van der Waals surface area contributed by atoms with E-state index in [-0.39, 0.29) is 30.5 Å². The van der Waals surface area contributed by atoms with Gasteiger partial charge in [0.1, 0.15) is 16.6 Å². The number of benzene rings is 3. The van der Waals surface area contributed by atoms with Crippen LogP contribution in [0.4, 0.5) is 17.6 Å². The maximum Gasteiger partial charge on any atom is 0.573 e. The molecule has 0 saturated heterocycles. The normalized spacial score (nSPS) is 12.1. The lowest BCUT2D eigenvalue weighted by Gasteiger charge is -2.17. The number of hydrogen-bond acceptors (Lipinski definition) is 5. The largest absolute Gasteiger partial charge is 0.573 e. The van der Waals surface area contributed by atoms with Gasteiger partial charge < -0.3 is 15.2 Å². The number of nitrogens with zero attached hydrogens (tertiary/aromatic N) is 1. The Bertz CT molecular complexity index is 1420. The van der Waals surface area contributed by atoms with Crippen molar-refractivity contribution in [3.63, 3.8) is 0 Å². The van der Waals surface area contributed by atoms with Crippen molar-refractivity contribution in [2.24, 2.45) is 0 Å². The summed E-state index contributed by atoms with van der Waals surface area (Å²) in [5.74, 6) is -2.45. The lowest BCUT2D eigenvalue weighted by Crippen LogP contribution is -2.25. The Morgan fingerprint density at radius 3 is 2.26 bits per heavy atom. The van der Waals surface area contributed by atoms with E-state index in [1.807, 2.05) is 5.38 Å². The van der Waals surface area contributed by atoms with Gasteiger partial charge in [0, 0.05) is 29.0 Å². The molecule has 4 rings (SSSR count). The molecule has 11 heteroatoms. The predicted octanol–water partition coefficient (Wildman–Crippen LogP) is 6.43. The summed E-state index contributed by atoms with van der Waals surface area (Å²) in [5.41, 5.74) is 3.29. The second-order valence-corrected chi connectivity index (χ2v) is 9.44. The van der Waals surface area contributed by atoms with Crippen LogP contribution in [0.5, 0.6) is 5.75 Å². The summed E-state index contributed by atoms with van der Waals surface area (Å²) in [4.78, 5) is 27.6. The highest BCUT2D eigenvalue weighted by Crippen LogP contribution is 2.35. The Kier molecular flexibility index (Phi) is 8.60. The molecule has 0 bridgehead atoms. The highest BCUT2D eigenvalue weighted by atomic mass is 32.1. The van der Waals surface area contributed by atoms with Gasteiger partial charge in [-0.2, -0.15) is 0 Å². The quantitative estimate of drug-likeness (QED) is 0.219. The van der Waals surface area contributed by atoms with E-state index in [0.717, 1.165) is 11.1 Å². The van der Waals surface area contributed by atoms with Crippen molar-refractivity contribution >= 4 is 23.2 Å². The number of alkyl halides is 3. The van der Waals surface area contributed by atoms with Crippen LogP contribution in [0.1, 0.15) is 38.8 Å². The first-order valence-corrected chi connectivity index (χ1v) is 12.6. The molecule has 0 radical (unpaired) electrons. The van der Waals surface area contributed by atoms with Gasteiger partial charge in [0.25, 0.3) is 5.91 Å². The van der Waals surface area contributed by atoms with E-state index in [0.29, 0.717) is 28.2 Å². The minimum absolute atomic E-state index is 0.00643. The van der Waals surface area contributed by atoms with Crippen LogP contribution in [0, 0.1) is 5.82 Å². The van der Waals surface area contributed by atoms with Crippen molar-refractivity contribution in [3.05, 3.63) is 106 Å². The minimum Gasteiger partial charge on any atom is -0.481 e. The lowest BCUT2D eigenvalue weighted by molar-refractivity contribution is -0.274. The number of nitrogens with one attached hydrogen (secondary N) is 1. The average molecular weight is 559 g/mol. The molecular formula is C28H22F4N2O4S. The molecule has 0 spiro atoms. The van der Waals surface area contributed by atoms with E-state index in [1.165, 1.54) is 35.6 Å². The molecule has 6 nitrogen and oxygen atoms in total. The van der Waals surface area contributed by atoms with Gasteiger partial charge in [0.2, 0.25) is 0 Å². The predicted molar refractivity (Wildman–Crippen MR) is 137 cm³/mol. The number of amides is 1. The Hall–Kier alpha value is -4.25. The van der Waals surface area contributed by atoms with Gasteiger partial charge >= 0.3 is 12.3 Å². The number of carbonyl (C=O) groups excluding carboxylic acids is 1. The van der Waals surface area contributed by atoms with E-state index in [1.54, 1.807) is 48.5 Å². The molecule has 1 aromatic heterocycles. The van der Waals surface area contributed by atoms with Gasteiger partial charge in [0.05, 0.1) is 12.1 Å². The fourth-order valence-electron chi connectivity index (χ4n) is 3.86. The fraction of sp³-hybridized carbons (Fsp3) is 0.179. The number of carbonyl (C=O) groups is 2. The summed E-state index contributed by atoms with van der Waals surface area (Å²) >= 11 is 1.38. The molecule has 202 valence electrons. The molecule has 0 aliphatic rings. The topological polar surface area (TPSA) is 88.5 Å². The van der Waals surface area contributed by atoms with Crippen LogP contribution < -0.4 is 10.1 Å². The second-order valence-electron chi connectivity index (χ2n) is 8.55. The first-order chi connectivity index (χ1) is 18.6. The Balaban J connectivity index is 1.58. The van der Waals surface area contributed by atoms with Gasteiger partial charge in [-0.05, 0) is 66.1 Å². The average Bonchev–Trinajstić information content (AvgIpc) is 3.37. The van der Waals surface area contributed by atoms with Gasteiger partial charge in [-0.1, -0.05) is 24.3 Å². The maximum absolute atomic E-state index is 13.4. The number of carboxylic acids is 1. The third kappa shape index (κ3) is 7.87. The zero-order valence-corrected chi connectivity index (χ0v) is 21.1. The number of carboxylic acid groups (broad SMARTS) is 1. The van der Waals surface area contributed by atoms with Crippen LogP contribution in [0.3, 0.4) is 0 Å². The molecule has 0 aliphatic heterocycles. The number of halogens is 4. The highest BCUT2D eigenvalue weighted by molar-refractivity contribution is 7.10. The third-order valence-corrected chi connectivity index (χ3v) is 6.71. The zero-order valence-electron chi connectivity index (χ0n) is 20.2. The Morgan fingerprint density at radius 1 is 0.974 bits per heavy atom. The van der Waals surface area contributed by atoms with Crippen molar-refractivity contribution in [3.8, 4) is 17.0 Å². The molecule has 2 N–H and O–H groups in total. The standard InChI is InChI=1S/C28H22F4N2O4S/c29-21-9-5-19(6-10-21)24-16-39-27(34-24)23(18-7-11-22(12-8-18)38-28(30,31)32)15-17-1-3-20(4-2-17)26(37)33-14-13-25(35)36/h1-12,16,23H,13-15H2,(H,33,37)(H,35,36). The van der Waals surface area contributed by atoms with E-state index in [2.05, 4.69) is 10.1 Å². The monoisotopic (exact) mass is 558 g/mol. The highest BCUT2D eigenvalue weighted by Gasteiger charge is 2.31. The molecule has 3 aromatic carbocycles. The first kappa shape index (κ1) is 27.8. The van der Waals surface area contributed by atoms with E-state index < -0.39 is 18.2 Å². The van der Waals surface area contributed by atoms with Crippen molar-refractivity contribution < 1.29 is 37.0 Å². The molecule has 1 amide bonds. The van der Waals surface area contributed by atoms with Crippen molar-refractivity contribution in [1.82, 2.24) is 10.3 Å². The van der Waals surface area contributed by atoms with Crippen LogP contribution in [0.15, 0.2) is 78.2 Å². The van der Waals surface area contributed by atoms with Crippen LogP contribution in [-0.2, 0) is 11.2 Å². The lowest BCUT2D eigenvalue weighted by atomic mass is 9.92. The smallest absolute Gasteiger partial charge is 0.481 e. The van der Waals surface area contributed by atoms with Gasteiger partial charge in [-0.25, -0.2) is 9.37 Å². The molecular weight excluding hydrogens is 536 g/mol. The van der Waals surface area contributed by atoms with Crippen molar-refractivity contribution in [1.29, 1.82) is 0 Å². The summed E-state index contributed by atoms with van der Waals surface area (Å²) in [5, 5.41) is 13.8. The summed E-state index contributed by atoms with van der Waals surface area (Å²) in [6.07, 6.45) is -4.56. The van der Waals surface area contributed by atoms with Crippen LogP contribution in [0.25, 0.3) is 11.3 Å². The summed E-state index contributed by atoms with van der Waals surface area (Å²) in [6, 6.07) is 18.3. The molecule has 0 aliphatic carbocycles. The molecule has 4 aromatic rings. The molecule has 0 fully saturated rings. The van der Waals surface area contributed by atoms with Crippen molar-refractivity contribution in [2.45, 2.75) is 25.1 Å². The first-order valence-electron chi connectivity index (χ1n) is 11.7. The molecule has 1 atom stereocenters. The third-order valence-electron chi connectivity index (χ3n) is 5.76. The van der Waals surface area contributed by atoms with E-state index in [4.69, 9.17) is 10.1 Å². The fourth-order valence-corrected chi connectivity index (χ4v) is 4.82. The number of hydrogen-bond donors (Lipinski definition) is 2. The Morgan fingerprint density at radius 2 is 1.64 bits per heavy atom. The minimum atomic E-state index is -4.80. The number of rotatable bonds is 10. The Labute approximate surface area is 224 Å². The maximum atomic E-state index is 13.4. The van der Waals surface area contributed by atoms with E-state index >= 15 is 0 Å². The van der Waals surface area contributed by atoms with Gasteiger partial charge in [-0.15, -0.1) is 24.5 Å². The second kappa shape index (κ2) is 12.1. The van der Waals surface area contributed by atoms with Crippen LogP contribution >= 0.6 is 11.3 Å². The summed E-state index contributed by atoms with van der Waals surface area (Å²) in [6.45, 7) is 0.00643. The van der Waals surface area contributed by atoms with Crippen molar-refractivity contribution in [2.75, 3.05) is 6.54 Å². The molecule has 1 unspecified atom stereocenters. The number of thiazole rings is 1. The van der Waals surface area contributed by atoms with E-state index in [9.17, 15) is 27.2 Å². The van der Waals surface area contributed by atoms with Crippen LogP contribution in [-0.4, -0.2) is 34.9 Å². The molecule has 1 heterocycles. The molecule has 39 heavy (non-hydrogen) atoms.